The lowest BCUT2D eigenvalue weighted by Crippen LogP contribution is -2.53. The molecule has 0 aromatic heterocycles. The van der Waals surface area contributed by atoms with Gasteiger partial charge in [0.1, 0.15) is 0 Å². The molecule has 2 aliphatic rings. The number of nitrogens with one attached hydrogen (secondary N) is 2. The van der Waals surface area contributed by atoms with Crippen molar-refractivity contribution in [2.75, 3.05) is 44.6 Å². The maximum absolute atomic E-state index is 12.3. The Balaban J connectivity index is 1.50. The van der Waals surface area contributed by atoms with Crippen LogP contribution in [-0.4, -0.2) is 66.9 Å². The number of ketones is 1. The summed E-state index contributed by atoms with van der Waals surface area (Å²) in [7, 11) is 0. The SMILES string of the molecule is CC(=O)c1ccc(NC(=O)N2CCN([C@H]3CCNC3)CC2)cc1. The lowest BCUT2D eigenvalue weighted by Gasteiger charge is -2.37. The second-order valence-electron chi connectivity index (χ2n) is 6.23. The number of hydrogen-bond acceptors (Lipinski definition) is 4. The molecule has 124 valence electrons. The molecule has 2 saturated heterocycles. The van der Waals surface area contributed by atoms with E-state index in [0.29, 0.717) is 11.6 Å². The summed E-state index contributed by atoms with van der Waals surface area (Å²) >= 11 is 0. The summed E-state index contributed by atoms with van der Waals surface area (Å²) in [5.74, 6) is 0.0281. The number of hydrogen-bond donors (Lipinski definition) is 2. The van der Waals surface area contributed by atoms with Gasteiger partial charge in [-0.3, -0.25) is 9.69 Å². The van der Waals surface area contributed by atoms with E-state index in [1.54, 1.807) is 24.3 Å². The van der Waals surface area contributed by atoms with E-state index in [-0.39, 0.29) is 11.8 Å². The quantitative estimate of drug-likeness (QED) is 0.828. The Morgan fingerprint density at radius 1 is 1.13 bits per heavy atom. The highest BCUT2D eigenvalue weighted by Gasteiger charge is 2.27. The normalized spacial score (nSPS) is 22.1. The molecule has 6 nitrogen and oxygen atoms in total. The van der Waals surface area contributed by atoms with Crippen molar-refractivity contribution in [1.82, 2.24) is 15.1 Å². The van der Waals surface area contributed by atoms with E-state index in [4.69, 9.17) is 0 Å². The lowest BCUT2D eigenvalue weighted by atomic mass is 10.1. The van der Waals surface area contributed by atoms with Gasteiger partial charge < -0.3 is 15.5 Å². The molecule has 3 rings (SSSR count). The van der Waals surface area contributed by atoms with Crippen LogP contribution in [0.15, 0.2) is 24.3 Å². The average Bonchev–Trinajstić information content (AvgIpc) is 3.10. The van der Waals surface area contributed by atoms with Gasteiger partial charge in [-0.2, -0.15) is 0 Å². The van der Waals surface area contributed by atoms with Crippen LogP contribution in [0.4, 0.5) is 10.5 Å². The Morgan fingerprint density at radius 2 is 1.83 bits per heavy atom. The number of nitrogens with zero attached hydrogens (tertiary/aromatic N) is 2. The van der Waals surface area contributed by atoms with Gasteiger partial charge in [0.25, 0.3) is 0 Å². The lowest BCUT2D eigenvalue weighted by molar-refractivity contribution is 0.101. The number of amides is 2. The van der Waals surface area contributed by atoms with Gasteiger partial charge in [0, 0.05) is 50.0 Å². The van der Waals surface area contributed by atoms with E-state index in [9.17, 15) is 9.59 Å². The Hall–Kier alpha value is -1.92. The van der Waals surface area contributed by atoms with Gasteiger partial charge in [-0.1, -0.05) is 0 Å². The fourth-order valence-electron chi connectivity index (χ4n) is 3.23. The maximum Gasteiger partial charge on any atom is 0.321 e. The zero-order chi connectivity index (χ0) is 16.2. The predicted molar refractivity (Wildman–Crippen MR) is 89.9 cm³/mol. The molecule has 1 atom stereocenters. The number of Topliss-reactive ketones (excluding diaryl/α,β-unsaturated/α-hetero) is 1. The first-order valence-electron chi connectivity index (χ1n) is 8.25. The minimum absolute atomic E-state index is 0.0281. The van der Waals surface area contributed by atoms with Gasteiger partial charge in [0.05, 0.1) is 0 Å². The molecule has 6 heteroatoms. The molecule has 0 bridgehead atoms. The molecule has 0 spiro atoms. The van der Waals surface area contributed by atoms with Crippen molar-refractivity contribution in [2.24, 2.45) is 0 Å². The number of carbonyl (C=O) groups excluding carboxylic acids is 2. The van der Waals surface area contributed by atoms with E-state index in [2.05, 4.69) is 15.5 Å². The van der Waals surface area contributed by atoms with E-state index in [1.807, 2.05) is 4.90 Å². The molecular weight excluding hydrogens is 292 g/mol. The number of anilines is 1. The first-order chi connectivity index (χ1) is 11.1. The van der Waals surface area contributed by atoms with Crippen molar-refractivity contribution < 1.29 is 9.59 Å². The van der Waals surface area contributed by atoms with Crippen LogP contribution < -0.4 is 10.6 Å². The molecule has 2 aliphatic heterocycles. The third kappa shape index (κ3) is 3.89. The number of urea groups is 1. The Kier molecular flexibility index (Phi) is 4.93. The van der Waals surface area contributed by atoms with Crippen molar-refractivity contribution in [3.05, 3.63) is 29.8 Å². The Morgan fingerprint density at radius 3 is 2.39 bits per heavy atom. The standard InChI is InChI=1S/C17H24N4O2/c1-13(22)14-2-4-15(5-3-14)19-17(23)21-10-8-20(9-11-21)16-6-7-18-12-16/h2-5,16,18H,6-12H2,1H3,(H,19,23)/t16-/m0/s1. The van der Waals surface area contributed by atoms with Crippen LogP contribution in [0.5, 0.6) is 0 Å². The minimum atomic E-state index is -0.0650. The average molecular weight is 316 g/mol. The summed E-state index contributed by atoms with van der Waals surface area (Å²) in [4.78, 5) is 27.9. The van der Waals surface area contributed by atoms with Gasteiger partial charge in [-0.25, -0.2) is 4.79 Å². The summed E-state index contributed by atoms with van der Waals surface area (Å²) in [5.41, 5.74) is 1.38. The molecular formula is C17H24N4O2. The molecule has 0 radical (unpaired) electrons. The second kappa shape index (κ2) is 7.10. The molecule has 0 aliphatic carbocycles. The van der Waals surface area contributed by atoms with Crippen LogP contribution in [0.1, 0.15) is 23.7 Å². The molecule has 0 unspecified atom stereocenters. The molecule has 1 aromatic carbocycles. The highest BCUT2D eigenvalue weighted by atomic mass is 16.2. The number of benzene rings is 1. The molecule has 2 fully saturated rings. The van der Waals surface area contributed by atoms with Crippen LogP contribution in [0.2, 0.25) is 0 Å². The molecule has 2 heterocycles. The van der Waals surface area contributed by atoms with Crippen LogP contribution >= 0.6 is 0 Å². The Labute approximate surface area is 136 Å². The summed E-state index contributed by atoms with van der Waals surface area (Å²) < 4.78 is 0. The molecule has 2 amide bonds. The van der Waals surface area contributed by atoms with Gasteiger partial charge >= 0.3 is 6.03 Å². The molecule has 23 heavy (non-hydrogen) atoms. The van der Waals surface area contributed by atoms with E-state index in [0.717, 1.165) is 45.0 Å². The first-order valence-corrected chi connectivity index (χ1v) is 8.25. The van der Waals surface area contributed by atoms with Crippen molar-refractivity contribution >= 4 is 17.5 Å². The smallest absolute Gasteiger partial charge is 0.321 e. The monoisotopic (exact) mass is 316 g/mol. The van der Waals surface area contributed by atoms with Gasteiger partial charge in [0.2, 0.25) is 0 Å². The van der Waals surface area contributed by atoms with E-state index < -0.39 is 0 Å². The topological polar surface area (TPSA) is 64.7 Å². The van der Waals surface area contributed by atoms with Crippen LogP contribution in [0.3, 0.4) is 0 Å². The first kappa shape index (κ1) is 16.0. The van der Waals surface area contributed by atoms with Crippen molar-refractivity contribution in [3.63, 3.8) is 0 Å². The van der Waals surface area contributed by atoms with E-state index in [1.165, 1.54) is 13.3 Å². The maximum atomic E-state index is 12.3. The summed E-state index contributed by atoms with van der Waals surface area (Å²) in [6.07, 6.45) is 1.20. The second-order valence-corrected chi connectivity index (χ2v) is 6.23. The fraction of sp³-hybridized carbons (Fsp3) is 0.529. The highest BCUT2D eigenvalue weighted by Crippen LogP contribution is 2.14. The predicted octanol–water partition coefficient (Wildman–Crippen LogP) is 1.40. The zero-order valence-corrected chi connectivity index (χ0v) is 13.5. The van der Waals surface area contributed by atoms with Gasteiger partial charge in [0.15, 0.2) is 5.78 Å². The third-order valence-electron chi connectivity index (χ3n) is 4.69. The summed E-state index contributed by atoms with van der Waals surface area (Å²) in [6, 6.07) is 7.58. The molecule has 2 N–H and O–H groups in total. The summed E-state index contributed by atoms with van der Waals surface area (Å²) in [6.45, 7) is 7.08. The third-order valence-corrected chi connectivity index (χ3v) is 4.69. The van der Waals surface area contributed by atoms with Crippen molar-refractivity contribution in [2.45, 2.75) is 19.4 Å². The van der Waals surface area contributed by atoms with E-state index >= 15 is 0 Å². The number of rotatable bonds is 3. The van der Waals surface area contributed by atoms with Crippen molar-refractivity contribution in [1.29, 1.82) is 0 Å². The molecule has 1 aromatic rings. The van der Waals surface area contributed by atoms with Crippen molar-refractivity contribution in [3.8, 4) is 0 Å². The van der Waals surface area contributed by atoms with Gasteiger partial charge in [-0.15, -0.1) is 0 Å². The zero-order valence-electron chi connectivity index (χ0n) is 13.5. The van der Waals surface area contributed by atoms with Crippen LogP contribution in [-0.2, 0) is 0 Å². The van der Waals surface area contributed by atoms with Gasteiger partial charge in [-0.05, 0) is 44.2 Å². The summed E-state index contributed by atoms with van der Waals surface area (Å²) in [5, 5.41) is 6.30. The molecule has 0 saturated carbocycles. The Bertz CT molecular complexity index is 558. The largest absolute Gasteiger partial charge is 0.322 e. The minimum Gasteiger partial charge on any atom is -0.322 e. The highest BCUT2D eigenvalue weighted by molar-refractivity contribution is 5.95. The van der Waals surface area contributed by atoms with Crippen LogP contribution in [0.25, 0.3) is 0 Å². The fourth-order valence-corrected chi connectivity index (χ4v) is 3.23. The van der Waals surface area contributed by atoms with Crippen LogP contribution in [0, 0.1) is 0 Å². The number of carbonyl (C=O) groups is 2. The number of piperazine rings is 1.